The number of phenols is 1. The molecule has 0 spiro atoms. The molecule has 0 saturated carbocycles. The number of amides is 1. The molecule has 126 valence electrons. The minimum Gasteiger partial charge on any atom is -0.506 e. The van der Waals surface area contributed by atoms with Gasteiger partial charge in [-0.2, -0.15) is 0 Å². The highest BCUT2D eigenvalue weighted by molar-refractivity contribution is 9.10. The van der Waals surface area contributed by atoms with E-state index in [1.54, 1.807) is 0 Å². The number of aryl methyl sites for hydroxylation is 1. The summed E-state index contributed by atoms with van der Waals surface area (Å²) >= 11 is 3.36. The molecule has 1 amide bonds. The van der Waals surface area contributed by atoms with Crippen LogP contribution in [0.2, 0.25) is 0 Å². The van der Waals surface area contributed by atoms with Crippen molar-refractivity contribution in [2.75, 3.05) is 12.4 Å². The summed E-state index contributed by atoms with van der Waals surface area (Å²) < 4.78 is 4.58. The third-order valence-corrected chi connectivity index (χ3v) is 4.36. The Morgan fingerprint density at radius 2 is 1.92 bits per heavy atom. The Hall–Kier alpha value is -2.34. The molecule has 0 radical (unpaired) electrons. The van der Waals surface area contributed by atoms with E-state index in [1.807, 2.05) is 30.3 Å². The number of carbonyl (C=O) groups is 2. The summed E-state index contributed by atoms with van der Waals surface area (Å²) in [5.41, 5.74) is 1.62. The zero-order valence-corrected chi connectivity index (χ0v) is 14.7. The second-order valence-corrected chi connectivity index (χ2v) is 6.31. The topological polar surface area (TPSA) is 75.6 Å². The number of carbonyl (C=O) groups excluding carboxylic acids is 2. The summed E-state index contributed by atoms with van der Waals surface area (Å²) in [5, 5.41) is 12.6. The first kappa shape index (κ1) is 18.0. The van der Waals surface area contributed by atoms with Gasteiger partial charge in [-0.15, -0.1) is 0 Å². The first-order valence-corrected chi connectivity index (χ1v) is 8.33. The number of rotatable bonds is 6. The maximum absolute atomic E-state index is 12.2. The number of hydrogen-bond donors (Lipinski definition) is 2. The van der Waals surface area contributed by atoms with Gasteiger partial charge in [-0.05, 0) is 36.6 Å². The van der Waals surface area contributed by atoms with E-state index in [1.165, 1.54) is 25.3 Å². The lowest BCUT2D eigenvalue weighted by Crippen LogP contribution is -2.23. The predicted octanol–water partition coefficient (Wildman–Crippen LogP) is 3.51. The number of ether oxygens (including phenoxy) is 1. The summed E-state index contributed by atoms with van der Waals surface area (Å²) in [4.78, 5) is 23.2. The molecule has 0 fully saturated rings. The van der Waals surface area contributed by atoms with E-state index >= 15 is 0 Å². The van der Waals surface area contributed by atoms with Gasteiger partial charge in [0.15, 0.2) is 0 Å². The number of aromatic hydroxyl groups is 1. The number of anilines is 1. The Balaban J connectivity index is 1.94. The maximum atomic E-state index is 12.2. The largest absolute Gasteiger partial charge is 0.506 e. The number of alkyl halides is 1. The van der Waals surface area contributed by atoms with E-state index in [9.17, 15) is 14.7 Å². The Bertz CT molecular complexity index is 718. The lowest BCUT2D eigenvalue weighted by Gasteiger charge is -2.12. The molecule has 24 heavy (non-hydrogen) atoms. The molecule has 5 nitrogen and oxygen atoms in total. The monoisotopic (exact) mass is 391 g/mol. The summed E-state index contributed by atoms with van der Waals surface area (Å²) in [7, 11) is 1.26. The lowest BCUT2D eigenvalue weighted by molar-refractivity contribution is -0.115. The summed E-state index contributed by atoms with van der Waals surface area (Å²) in [6.45, 7) is 0. The lowest BCUT2D eigenvalue weighted by atomic mass is 10.1. The van der Waals surface area contributed by atoms with Crippen LogP contribution in [0.3, 0.4) is 0 Å². The van der Waals surface area contributed by atoms with Crippen LogP contribution in [0.15, 0.2) is 48.5 Å². The van der Waals surface area contributed by atoms with Gasteiger partial charge in [-0.1, -0.05) is 46.3 Å². The van der Waals surface area contributed by atoms with Crippen molar-refractivity contribution in [3.63, 3.8) is 0 Å². The van der Waals surface area contributed by atoms with Gasteiger partial charge >= 0.3 is 5.97 Å². The van der Waals surface area contributed by atoms with Crippen molar-refractivity contribution >= 4 is 33.5 Å². The van der Waals surface area contributed by atoms with E-state index in [-0.39, 0.29) is 22.9 Å². The van der Waals surface area contributed by atoms with Gasteiger partial charge < -0.3 is 15.2 Å². The van der Waals surface area contributed by atoms with E-state index in [0.717, 1.165) is 12.0 Å². The molecule has 0 saturated heterocycles. The van der Waals surface area contributed by atoms with Crippen LogP contribution >= 0.6 is 15.9 Å². The van der Waals surface area contributed by atoms with Gasteiger partial charge in [0.05, 0.1) is 23.2 Å². The van der Waals surface area contributed by atoms with Crippen LogP contribution in [0.25, 0.3) is 0 Å². The van der Waals surface area contributed by atoms with Gasteiger partial charge in [0.2, 0.25) is 5.91 Å². The minimum absolute atomic E-state index is 0.186. The molecule has 0 bridgehead atoms. The van der Waals surface area contributed by atoms with Crippen LogP contribution in [0, 0.1) is 0 Å². The summed E-state index contributed by atoms with van der Waals surface area (Å²) in [6.07, 6.45) is 1.38. The molecular formula is C18H18BrNO4. The second kappa shape index (κ2) is 8.49. The zero-order valence-electron chi connectivity index (χ0n) is 13.2. The van der Waals surface area contributed by atoms with Crippen LogP contribution in [0.5, 0.6) is 5.75 Å². The normalized spacial score (nSPS) is 11.6. The Labute approximate surface area is 148 Å². The molecule has 2 aromatic carbocycles. The highest BCUT2D eigenvalue weighted by atomic mass is 79.9. The fourth-order valence-electron chi connectivity index (χ4n) is 2.16. The van der Waals surface area contributed by atoms with Crippen LogP contribution in [-0.2, 0) is 16.0 Å². The van der Waals surface area contributed by atoms with Crippen molar-refractivity contribution in [2.45, 2.75) is 17.7 Å². The summed E-state index contributed by atoms with van der Waals surface area (Å²) in [5.74, 6) is -0.995. The Morgan fingerprint density at radius 1 is 1.21 bits per heavy atom. The quantitative estimate of drug-likeness (QED) is 0.448. The maximum Gasteiger partial charge on any atom is 0.337 e. The van der Waals surface area contributed by atoms with E-state index < -0.39 is 10.8 Å². The van der Waals surface area contributed by atoms with Gasteiger partial charge in [0, 0.05) is 0 Å². The van der Waals surface area contributed by atoms with Gasteiger partial charge in [0.25, 0.3) is 0 Å². The van der Waals surface area contributed by atoms with Crippen molar-refractivity contribution < 1.29 is 19.4 Å². The molecule has 0 aliphatic carbocycles. The van der Waals surface area contributed by atoms with Crippen molar-refractivity contribution in [1.29, 1.82) is 0 Å². The number of nitrogens with one attached hydrogen (secondary N) is 1. The van der Waals surface area contributed by atoms with Crippen LogP contribution in [0.4, 0.5) is 5.69 Å². The van der Waals surface area contributed by atoms with Crippen molar-refractivity contribution in [2.24, 2.45) is 0 Å². The van der Waals surface area contributed by atoms with Crippen LogP contribution < -0.4 is 5.32 Å². The standard InChI is InChI=1S/C18H18BrNO4/c1-24-18(23)13-8-10-15(16(21)11-13)20-17(22)14(19)9-7-12-5-3-2-4-6-12/h2-6,8,10-11,14,21H,7,9H2,1H3,(H,20,22). The van der Waals surface area contributed by atoms with Crippen LogP contribution in [-0.4, -0.2) is 28.9 Å². The molecule has 0 aliphatic rings. The first-order valence-electron chi connectivity index (χ1n) is 7.41. The second-order valence-electron chi connectivity index (χ2n) is 5.20. The minimum atomic E-state index is -0.551. The van der Waals surface area contributed by atoms with Gasteiger partial charge in [0.1, 0.15) is 5.75 Å². The number of benzene rings is 2. The Morgan fingerprint density at radius 3 is 2.54 bits per heavy atom. The predicted molar refractivity (Wildman–Crippen MR) is 95.6 cm³/mol. The number of hydrogen-bond acceptors (Lipinski definition) is 4. The van der Waals surface area contributed by atoms with Crippen molar-refractivity contribution in [1.82, 2.24) is 0 Å². The average molecular weight is 392 g/mol. The molecule has 1 unspecified atom stereocenters. The molecule has 0 aromatic heterocycles. The average Bonchev–Trinajstić information content (AvgIpc) is 2.61. The highest BCUT2D eigenvalue weighted by Gasteiger charge is 2.17. The third-order valence-electron chi connectivity index (χ3n) is 3.49. The first-order chi connectivity index (χ1) is 11.5. The molecule has 6 heteroatoms. The van der Waals surface area contributed by atoms with Gasteiger partial charge in [-0.3, -0.25) is 4.79 Å². The number of methoxy groups -OCH3 is 1. The SMILES string of the molecule is COC(=O)c1ccc(NC(=O)C(Br)CCc2ccccc2)c(O)c1. The molecule has 2 aromatic rings. The molecule has 2 N–H and O–H groups in total. The summed E-state index contributed by atoms with van der Waals surface area (Å²) in [6, 6.07) is 14.1. The van der Waals surface area contributed by atoms with Crippen LogP contribution in [0.1, 0.15) is 22.3 Å². The van der Waals surface area contributed by atoms with E-state index in [0.29, 0.717) is 6.42 Å². The highest BCUT2D eigenvalue weighted by Crippen LogP contribution is 2.25. The van der Waals surface area contributed by atoms with Crippen molar-refractivity contribution in [3.8, 4) is 5.75 Å². The van der Waals surface area contributed by atoms with E-state index in [2.05, 4.69) is 26.0 Å². The molecule has 1 atom stereocenters. The molecule has 0 heterocycles. The number of phenolic OH excluding ortho intramolecular Hbond substituents is 1. The number of esters is 1. The van der Waals surface area contributed by atoms with Crippen molar-refractivity contribution in [3.05, 3.63) is 59.7 Å². The zero-order chi connectivity index (χ0) is 17.5. The molecular weight excluding hydrogens is 374 g/mol. The molecule has 2 rings (SSSR count). The molecule has 0 aliphatic heterocycles. The third kappa shape index (κ3) is 4.83. The smallest absolute Gasteiger partial charge is 0.337 e. The fourth-order valence-corrected chi connectivity index (χ4v) is 2.51. The number of halogens is 1. The van der Waals surface area contributed by atoms with E-state index in [4.69, 9.17) is 0 Å². The Kier molecular flexibility index (Phi) is 6.37. The fraction of sp³-hybridized carbons (Fsp3) is 0.222. The van der Waals surface area contributed by atoms with Gasteiger partial charge in [-0.25, -0.2) is 4.79 Å².